The first kappa shape index (κ1) is 12.3. The van der Waals surface area contributed by atoms with E-state index in [1.54, 1.807) is 25.3 Å². The van der Waals surface area contributed by atoms with Gasteiger partial charge in [-0.05, 0) is 59.3 Å². The van der Waals surface area contributed by atoms with Crippen LogP contribution in [0.25, 0.3) is 0 Å². The van der Waals surface area contributed by atoms with Gasteiger partial charge >= 0.3 is 0 Å². The third-order valence-corrected chi connectivity index (χ3v) is 2.93. The molecule has 2 aromatic rings. The van der Waals surface area contributed by atoms with Crippen LogP contribution in [-0.2, 0) is 0 Å². The molecule has 4 heteroatoms. The molecule has 88 valence electrons. The molecule has 0 aliphatic heterocycles. The topological polar surface area (TPSA) is 42.4 Å². The second-order valence-electron chi connectivity index (χ2n) is 3.66. The minimum absolute atomic E-state index is 0.491. The SMILES string of the molecule is CC(O)c1ccnc(Oc2cccc(I)c2)c1. The molecule has 0 spiro atoms. The Morgan fingerprint density at radius 2 is 2.12 bits per heavy atom. The molecule has 17 heavy (non-hydrogen) atoms. The summed E-state index contributed by atoms with van der Waals surface area (Å²) < 4.78 is 6.73. The highest BCUT2D eigenvalue weighted by molar-refractivity contribution is 14.1. The van der Waals surface area contributed by atoms with Crippen molar-refractivity contribution < 1.29 is 9.84 Å². The van der Waals surface area contributed by atoms with Crippen molar-refractivity contribution in [2.45, 2.75) is 13.0 Å². The average molecular weight is 341 g/mol. The van der Waals surface area contributed by atoms with Gasteiger partial charge in [-0.3, -0.25) is 0 Å². The first-order valence-electron chi connectivity index (χ1n) is 5.22. The summed E-state index contributed by atoms with van der Waals surface area (Å²) in [5.74, 6) is 1.23. The molecule has 1 unspecified atom stereocenters. The lowest BCUT2D eigenvalue weighted by molar-refractivity contribution is 0.198. The van der Waals surface area contributed by atoms with Crippen LogP contribution >= 0.6 is 22.6 Å². The van der Waals surface area contributed by atoms with E-state index >= 15 is 0 Å². The van der Waals surface area contributed by atoms with Gasteiger partial charge < -0.3 is 9.84 Å². The molecule has 2 rings (SSSR count). The summed E-state index contributed by atoms with van der Waals surface area (Å²) in [4.78, 5) is 4.11. The van der Waals surface area contributed by atoms with Crippen molar-refractivity contribution in [1.82, 2.24) is 4.98 Å². The molecule has 0 radical (unpaired) electrons. The Hall–Kier alpha value is -1.14. The summed E-state index contributed by atoms with van der Waals surface area (Å²) in [6.45, 7) is 1.71. The number of ether oxygens (including phenoxy) is 1. The number of nitrogens with zero attached hydrogens (tertiary/aromatic N) is 1. The highest BCUT2D eigenvalue weighted by atomic mass is 127. The van der Waals surface area contributed by atoms with Crippen molar-refractivity contribution in [3.05, 3.63) is 51.7 Å². The number of aliphatic hydroxyl groups excluding tert-OH is 1. The van der Waals surface area contributed by atoms with Gasteiger partial charge in [0.15, 0.2) is 0 Å². The molecule has 0 bridgehead atoms. The van der Waals surface area contributed by atoms with Crippen LogP contribution in [0.1, 0.15) is 18.6 Å². The minimum atomic E-state index is -0.517. The Labute approximate surface area is 114 Å². The Balaban J connectivity index is 2.21. The van der Waals surface area contributed by atoms with Gasteiger partial charge in [-0.25, -0.2) is 4.98 Å². The van der Waals surface area contributed by atoms with Crippen LogP contribution < -0.4 is 4.74 Å². The fourth-order valence-electron chi connectivity index (χ4n) is 1.39. The number of rotatable bonds is 3. The van der Waals surface area contributed by atoms with E-state index in [0.717, 1.165) is 14.9 Å². The average Bonchev–Trinajstić information content (AvgIpc) is 2.29. The lowest BCUT2D eigenvalue weighted by Crippen LogP contribution is -1.94. The second-order valence-corrected chi connectivity index (χ2v) is 4.91. The number of benzene rings is 1. The molecule has 1 atom stereocenters. The lowest BCUT2D eigenvalue weighted by atomic mass is 10.2. The van der Waals surface area contributed by atoms with E-state index in [1.165, 1.54) is 0 Å². The number of aliphatic hydroxyl groups is 1. The van der Waals surface area contributed by atoms with Gasteiger partial charge in [-0.1, -0.05) is 6.07 Å². The van der Waals surface area contributed by atoms with Gasteiger partial charge in [0.1, 0.15) is 5.75 Å². The zero-order chi connectivity index (χ0) is 12.3. The fraction of sp³-hybridized carbons (Fsp3) is 0.154. The summed E-state index contributed by atoms with van der Waals surface area (Å²) in [5.41, 5.74) is 0.792. The summed E-state index contributed by atoms with van der Waals surface area (Å²) >= 11 is 2.23. The zero-order valence-electron chi connectivity index (χ0n) is 9.30. The zero-order valence-corrected chi connectivity index (χ0v) is 11.5. The maximum absolute atomic E-state index is 9.47. The molecule has 1 N–H and O–H groups in total. The molecular formula is C13H12INO2. The maximum atomic E-state index is 9.47. The summed E-state index contributed by atoms with van der Waals surface area (Å²) in [6, 6.07) is 11.2. The van der Waals surface area contributed by atoms with Crippen molar-refractivity contribution in [2.75, 3.05) is 0 Å². The third-order valence-electron chi connectivity index (χ3n) is 2.26. The largest absolute Gasteiger partial charge is 0.439 e. The first-order chi connectivity index (χ1) is 8.15. The van der Waals surface area contributed by atoms with E-state index in [4.69, 9.17) is 4.74 Å². The van der Waals surface area contributed by atoms with E-state index in [9.17, 15) is 5.11 Å². The molecule has 0 amide bonds. The molecule has 0 fully saturated rings. The van der Waals surface area contributed by atoms with Crippen LogP contribution in [0, 0.1) is 3.57 Å². The Morgan fingerprint density at radius 3 is 2.82 bits per heavy atom. The van der Waals surface area contributed by atoms with Crippen molar-refractivity contribution >= 4 is 22.6 Å². The van der Waals surface area contributed by atoms with Crippen LogP contribution in [-0.4, -0.2) is 10.1 Å². The first-order valence-corrected chi connectivity index (χ1v) is 6.30. The number of pyridine rings is 1. The Morgan fingerprint density at radius 1 is 1.29 bits per heavy atom. The lowest BCUT2D eigenvalue weighted by Gasteiger charge is -2.08. The van der Waals surface area contributed by atoms with Crippen LogP contribution in [0.4, 0.5) is 0 Å². The van der Waals surface area contributed by atoms with Crippen LogP contribution in [0.5, 0.6) is 11.6 Å². The summed E-state index contributed by atoms with van der Waals surface area (Å²) in [5, 5.41) is 9.47. The second kappa shape index (κ2) is 5.46. The van der Waals surface area contributed by atoms with Gasteiger partial charge in [0.25, 0.3) is 0 Å². The molecule has 0 saturated carbocycles. The van der Waals surface area contributed by atoms with Crippen molar-refractivity contribution in [2.24, 2.45) is 0 Å². The highest BCUT2D eigenvalue weighted by Crippen LogP contribution is 2.23. The van der Waals surface area contributed by atoms with E-state index < -0.39 is 6.10 Å². The molecule has 1 aromatic carbocycles. The molecule has 0 saturated heterocycles. The molecule has 1 aromatic heterocycles. The Bertz CT molecular complexity index is 514. The van der Waals surface area contributed by atoms with Gasteiger partial charge in [-0.15, -0.1) is 0 Å². The van der Waals surface area contributed by atoms with Gasteiger partial charge in [0.2, 0.25) is 5.88 Å². The number of hydrogen-bond donors (Lipinski definition) is 1. The number of aromatic nitrogens is 1. The predicted octanol–water partition coefficient (Wildman–Crippen LogP) is 3.53. The minimum Gasteiger partial charge on any atom is -0.439 e. The summed E-state index contributed by atoms with van der Waals surface area (Å²) in [6.07, 6.45) is 1.11. The van der Waals surface area contributed by atoms with Gasteiger partial charge in [0.05, 0.1) is 6.10 Å². The standard InChI is InChI=1S/C13H12INO2/c1-9(16)10-5-6-15-13(7-10)17-12-4-2-3-11(14)8-12/h2-9,16H,1H3. The van der Waals surface area contributed by atoms with Gasteiger partial charge in [0, 0.05) is 15.8 Å². The molecule has 0 aliphatic carbocycles. The summed E-state index contributed by atoms with van der Waals surface area (Å²) in [7, 11) is 0. The van der Waals surface area contributed by atoms with Crippen LogP contribution in [0.2, 0.25) is 0 Å². The predicted molar refractivity (Wildman–Crippen MR) is 74.1 cm³/mol. The number of halogens is 1. The maximum Gasteiger partial charge on any atom is 0.219 e. The van der Waals surface area contributed by atoms with Crippen LogP contribution in [0.3, 0.4) is 0 Å². The van der Waals surface area contributed by atoms with E-state index in [-0.39, 0.29) is 0 Å². The van der Waals surface area contributed by atoms with E-state index in [0.29, 0.717) is 5.88 Å². The van der Waals surface area contributed by atoms with Crippen molar-refractivity contribution in [3.63, 3.8) is 0 Å². The molecule has 3 nitrogen and oxygen atoms in total. The van der Waals surface area contributed by atoms with E-state index in [1.807, 2.05) is 24.3 Å². The third kappa shape index (κ3) is 3.41. The quantitative estimate of drug-likeness (QED) is 0.869. The van der Waals surface area contributed by atoms with Crippen molar-refractivity contribution in [3.8, 4) is 11.6 Å². The van der Waals surface area contributed by atoms with E-state index in [2.05, 4.69) is 27.6 Å². The normalized spacial score (nSPS) is 12.2. The van der Waals surface area contributed by atoms with Gasteiger partial charge in [-0.2, -0.15) is 0 Å². The highest BCUT2D eigenvalue weighted by Gasteiger charge is 2.04. The number of hydrogen-bond acceptors (Lipinski definition) is 3. The van der Waals surface area contributed by atoms with Crippen molar-refractivity contribution in [1.29, 1.82) is 0 Å². The Kier molecular flexibility index (Phi) is 3.96. The molecule has 0 aliphatic rings. The molecule has 1 heterocycles. The fourth-order valence-corrected chi connectivity index (χ4v) is 1.91. The smallest absolute Gasteiger partial charge is 0.219 e. The van der Waals surface area contributed by atoms with Crippen LogP contribution in [0.15, 0.2) is 42.6 Å². The monoisotopic (exact) mass is 341 g/mol. The molecular weight excluding hydrogens is 329 g/mol.